The zero-order chi connectivity index (χ0) is 21.7. The third-order valence-electron chi connectivity index (χ3n) is 9.02. The molecule has 4 rings (SSSR count). The SMILES string of the molecule is CCCC(C)CC(=O)O[C@@H]1CC[C@H]2[C@@H]3C[C@H](F)C4=CC(=O)C=C[C@]4(C)[C@H]3CC[C@]12C. The van der Waals surface area contributed by atoms with Crippen LogP contribution in [-0.4, -0.2) is 24.0 Å². The molecule has 0 N–H and O–H groups in total. The standard InChI is InChI=1S/C26H37FO3/c1-5-6-16(2)13-24(29)30-23-8-7-19-18-15-22(27)21-14-17(28)9-11-25(21,3)20(18)10-12-26(19,23)4/h9,11,14,16,18-20,22-23H,5-8,10,12-13,15H2,1-4H3/t16?,18-,19-,20-,22-,23+,25+,26-/m0/s1. The molecule has 4 aliphatic rings. The molecule has 0 aromatic heterocycles. The van der Waals surface area contributed by atoms with Crippen molar-refractivity contribution in [3.8, 4) is 0 Å². The van der Waals surface area contributed by atoms with E-state index < -0.39 is 6.17 Å². The minimum absolute atomic E-state index is 0.0453. The van der Waals surface area contributed by atoms with E-state index in [-0.39, 0.29) is 34.6 Å². The maximum atomic E-state index is 15.3. The number of fused-ring (bicyclic) bond motifs is 5. The van der Waals surface area contributed by atoms with Crippen LogP contribution in [0.2, 0.25) is 0 Å². The number of rotatable bonds is 5. The first kappa shape index (κ1) is 21.8. The highest BCUT2D eigenvalue weighted by atomic mass is 19.1. The highest BCUT2D eigenvalue weighted by Gasteiger charge is 2.61. The smallest absolute Gasteiger partial charge is 0.306 e. The van der Waals surface area contributed by atoms with Crippen LogP contribution in [0, 0.1) is 34.5 Å². The average molecular weight is 417 g/mol. The van der Waals surface area contributed by atoms with Gasteiger partial charge in [-0.15, -0.1) is 0 Å². The lowest BCUT2D eigenvalue weighted by atomic mass is 9.48. The van der Waals surface area contributed by atoms with E-state index in [0.717, 1.165) is 38.5 Å². The lowest BCUT2D eigenvalue weighted by Gasteiger charge is -2.57. The van der Waals surface area contributed by atoms with Crippen LogP contribution in [0.1, 0.15) is 79.1 Å². The van der Waals surface area contributed by atoms with Crippen LogP contribution >= 0.6 is 0 Å². The Hall–Kier alpha value is -1.45. The van der Waals surface area contributed by atoms with Crippen LogP contribution in [0.5, 0.6) is 0 Å². The maximum Gasteiger partial charge on any atom is 0.306 e. The van der Waals surface area contributed by atoms with Gasteiger partial charge in [0.15, 0.2) is 5.78 Å². The molecule has 30 heavy (non-hydrogen) atoms. The summed E-state index contributed by atoms with van der Waals surface area (Å²) in [7, 11) is 0. The van der Waals surface area contributed by atoms with Gasteiger partial charge in [0.2, 0.25) is 0 Å². The maximum absolute atomic E-state index is 15.3. The molecule has 166 valence electrons. The Morgan fingerprint density at radius 1 is 1.27 bits per heavy atom. The van der Waals surface area contributed by atoms with Gasteiger partial charge in [0.05, 0.1) is 0 Å². The lowest BCUT2D eigenvalue weighted by Crippen LogP contribution is -2.53. The Balaban J connectivity index is 1.51. The van der Waals surface area contributed by atoms with E-state index in [9.17, 15) is 9.59 Å². The van der Waals surface area contributed by atoms with Gasteiger partial charge in [0.25, 0.3) is 0 Å². The van der Waals surface area contributed by atoms with Crippen molar-refractivity contribution in [1.82, 2.24) is 0 Å². The lowest BCUT2D eigenvalue weighted by molar-refractivity contribution is -0.160. The number of hydrogen-bond acceptors (Lipinski definition) is 3. The molecule has 8 atom stereocenters. The van der Waals surface area contributed by atoms with Crippen LogP contribution in [0.25, 0.3) is 0 Å². The Morgan fingerprint density at radius 2 is 2.03 bits per heavy atom. The molecule has 3 saturated carbocycles. The zero-order valence-electron chi connectivity index (χ0n) is 19.0. The van der Waals surface area contributed by atoms with Gasteiger partial charge in [-0.25, -0.2) is 4.39 Å². The van der Waals surface area contributed by atoms with Gasteiger partial charge in [0.1, 0.15) is 12.3 Å². The van der Waals surface area contributed by atoms with Gasteiger partial charge < -0.3 is 4.74 Å². The minimum atomic E-state index is -1.05. The van der Waals surface area contributed by atoms with Crippen molar-refractivity contribution < 1.29 is 18.7 Å². The topological polar surface area (TPSA) is 43.4 Å². The summed E-state index contributed by atoms with van der Waals surface area (Å²) >= 11 is 0. The summed E-state index contributed by atoms with van der Waals surface area (Å²) in [5.41, 5.74) is 0.267. The first-order chi connectivity index (χ1) is 14.2. The molecule has 0 bridgehead atoms. The quantitative estimate of drug-likeness (QED) is 0.518. The molecule has 4 heteroatoms. The fourth-order valence-electron chi connectivity index (χ4n) is 7.43. The number of esters is 1. The molecule has 0 amide bonds. The molecule has 0 heterocycles. The van der Waals surface area contributed by atoms with Crippen LogP contribution in [0.4, 0.5) is 4.39 Å². The second kappa shape index (κ2) is 7.91. The predicted molar refractivity (Wildman–Crippen MR) is 115 cm³/mol. The summed E-state index contributed by atoms with van der Waals surface area (Å²) in [5.74, 6) is 1.22. The second-order valence-electron chi connectivity index (χ2n) is 10.9. The summed E-state index contributed by atoms with van der Waals surface area (Å²) in [6.45, 7) is 8.65. The Bertz CT molecular complexity index is 770. The van der Waals surface area contributed by atoms with Crippen molar-refractivity contribution >= 4 is 11.8 Å². The number of hydrogen-bond donors (Lipinski definition) is 0. The van der Waals surface area contributed by atoms with E-state index in [0.29, 0.717) is 36.2 Å². The molecular weight excluding hydrogens is 379 g/mol. The van der Waals surface area contributed by atoms with Gasteiger partial charge in [-0.3, -0.25) is 9.59 Å². The first-order valence-electron chi connectivity index (χ1n) is 12.0. The highest BCUT2D eigenvalue weighted by molar-refractivity contribution is 6.01. The Labute approximate surface area is 180 Å². The van der Waals surface area contributed by atoms with E-state index in [1.54, 1.807) is 12.2 Å². The van der Waals surface area contributed by atoms with E-state index in [2.05, 4.69) is 27.7 Å². The van der Waals surface area contributed by atoms with Crippen molar-refractivity contribution in [2.24, 2.45) is 34.5 Å². The predicted octanol–water partition coefficient (Wildman–Crippen LogP) is 5.98. The molecule has 4 aliphatic carbocycles. The van der Waals surface area contributed by atoms with Crippen LogP contribution in [0.3, 0.4) is 0 Å². The fraction of sp³-hybridized carbons (Fsp3) is 0.769. The number of ketones is 1. The largest absolute Gasteiger partial charge is 0.462 e. The third kappa shape index (κ3) is 3.48. The number of ether oxygens (including phenoxy) is 1. The molecule has 0 aromatic carbocycles. The normalized spacial score (nSPS) is 43.3. The summed E-state index contributed by atoms with van der Waals surface area (Å²) < 4.78 is 21.3. The molecule has 3 fully saturated rings. The number of alkyl halides is 1. The van der Waals surface area contributed by atoms with Gasteiger partial charge in [-0.2, -0.15) is 0 Å². The molecular formula is C26H37FO3. The third-order valence-corrected chi connectivity index (χ3v) is 9.02. The molecule has 0 aromatic rings. The number of allylic oxidation sites excluding steroid dienone is 4. The monoisotopic (exact) mass is 416 g/mol. The summed E-state index contributed by atoms with van der Waals surface area (Å²) in [6.07, 6.45) is 11.1. The van der Waals surface area contributed by atoms with E-state index in [1.807, 2.05) is 6.08 Å². The van der Waals surface area contributed by atoms with Gasteiger partial charge in [-0.1, -0.05) is 46.6 Å². The summed E-state index contributed by atoms with van der Waals surface area (Å²) in [4.78, 5) is 24.5. The summed E-state index contributed by atoms with van der Waals surface area (Å²) in [6, 6.07) is 0. The minimum Gasteiger partial charge on any atom is -0.462 e. The van der Waals surface area contributed by atoms with Crippen molar-refractivity contribution in [3.63, 3.8) is 0 Å². The van der Waals surface area contributed by atoms with Gasteiger partial charge in [0, 0.05) is 17.3 Å². The molecule has 0 radical (unpaired) electrons. The number of carbonyl (C=O) groups is 2. The summed E-state index contributed by atoms with van der Waals surface area (Å²) in [5, 5.41) is 0. The Kier molecular flexibility index (Phi) is 5.74. The van der Waals surface area contributed by atoms with Crippen molar-refractivity contribution in [1.29, 1.82) is 0 Å². The average Bonchev–Trinajstić information content (AvgIpc) is 3.00. The van der Waals surface area contributed by atoms with Crippen LogP contribution < -0.4 is 0 Å². The van der Waals surface area contributed by atoms with Crippen molar-refractivity contribution in [2.45, 2.75) is 91.3 Å². The first-order valence-corrected chi connectivity index (χ1v) is 12.0. The van der Waals surface area contributed by atoms with Gasteiger partial charge in [-0.05, 0) is 73.5 Å². The second-order valence-corrected chi connectivity index (χ2v) is 10.9. The van der Waals surface area contributed by atoms with Crippen LogP contribution in [0.15, 0.2) is 23.8 Å². The fourth-order valence-corrected chi connectivity index (χ4v) is 7.43. The van der Waals surface area contributed by atoms with Crippen LogP contribution in [-0.2, 0) is 14.3 Å². The van der Waals surface area contributed by atoms with Gasteiger partial charge >= 0.3 is 5.97 Å². The molecule has 0 spiro atoms. The molecule has 1 unspecified atom stereocenters. The van der Waals surface area contributed by atoms with E-state index in [1.165, 1.54) is 0 Å². The molecule has 0 aliphatic heterocycles. The molecule has 3 nitrogen and oxygen atoms in total. The number of carbonyl (C=O) groups excluding carboxylic acids is 2. The number of halogens is 1. The highest BCUT2D eigenvalue weighted by Crippen LogP contribution is 2.65. The zero-order valence-corrected chi connectivity index (χ0v) is 19.0. The van der Waals surface area contributed by atoms with E-state index in [4.69, 9.17) is 4.74 Å². The van der Waals surface area contributed by atoms with Crippen molar-refractivity contribution in [3.05, 3.63) is 23.8 Å². The van der Waals surface area contributed by atoms with Crippen molar-refractivity contribution in [2.75, 3.05) is 0 Å². The molecule has 0 saturated heterocycles. The van der Waals surface area contributed by atoms with E-state index >= 15 is 4.39 Å². The Morgan fingerprint density at radius 3 is 2.77 bits per heavy atom.